The molecule has 2 nitrogen and oxygen atoms in total. The van der Waals surface area contributed by atoms with Gasteiger partial charge >= 0.3 is 0 Å². The van der Waals surface area contributed by atoms with E-state index in [2.05, 4.69) is 0 Å². The van der Waals surface area contributed by atoms with Crippen LogP contribution in [0.3, 0.4) is 0 Å². The van der Waals surface area contributed by atoms with Crippen LogP contribution < -0.4 is 10.2 Å². The molecule has 0 aliphatic rings. The molecule has 0 aromatic heterocycles. The molecule has 0 aliphatic carbocycles. The average Bonchev–Trinajstić information content (AvgIpc) is 1.12. The van der Waals surface area contributed by atoms with Crippen LogP contribution in [0.15, 0.2) is 0 Å². The zero-order chi connectivity index (χ0) is 9.00. The van der Waals surface area contributed by atoms with E-state index in [0.29, 0.717) is 0 Å². The SMILES string of the molecule is CC(C)(C)[O-].CC(C)(C)[O-].[Ge]. The molecule has 0 aromatic rings. The quantitative estimate of drug-likeness (QED) is 0.534. The molecule has 0 unspecified atom stereocenters. The summed E-state index contributed by atoms with van der Waals surface area (Å²) in [4.78, 5) is 0. The second kappa shape index (κ2) is 6.03. The van der Waals surface area contributed by atoms with E-state index in [-0.39, 0.29) is 17.6 Å². The van der Waals surface area contributed by atoms with Gasteiger partial charge in [-0.3, -0.25) is 0 Å². The molecule has 0 aromatic carbocycles. The topological polar surface area (TPSA) is 46.1 Å². The minimum absolute atomic E-state index is 0. The first kappa shape index (κ1) is 17.5. The van der Waals surface area contributed by atoms with Crippen molar-refractivity contribution in [1.29, 1.82) is 0 Å². The molecule has 11 heavy (non-hydrogen) atoms. The summed E-state index contributed by atoms with van der Waals surface area (Å²) in [7, 11) is 0. The molecule has 68 valence electrons. The summed E-state index contributed by atoms with van der Waals surface area (Å²) in [5.74, 6) is 0. The zero-order valence-corrected chi connectivity index (χ0v) is 10.4. The van der Waals surface area contributed by atoms with E-state index in [1.165, 1.54) is 0 Å². The zero-order valence-electron chi connectivity index (χ0n) is 8.32. The Labute approximate surface area is 81.0 Å². The van der Waals surface area contributed by atoms with Gasteiger partial charge in [-0.15, -0.1) is 11.2 Å². The predicted octanol–water partition coefficient (Wildman–Crippen LogP) is -0.0904. The van der Waals surface area contributed by atoms with Gasteiger partial charge in [0.05, 0.1) is 0 Å². The monoisotopic (exact) mass is 220 g/mol. The van der Waals surface area contributed by atoms with Gasteiger partial charge in [0, 0.05) is 17.6 Å². The van der Waals surface area contributed by atoms with Gasteiger partial charge < -0.3 is 10.2 Å². The van der Waals surface area contributed by atoms with E-state index in [1.807, 2.05) is 0 Å². The molecule has 0 heterocycles. The van der Waals surface area contributed by atoms with Crippen LogP contribution in [0.2, 0.25) is 0 Å². The van der Waals surface area contributed by atoms with Crippen LogP contribution in [0, 0.1) is 0 Å². The Morgan fingerprint density at radius 1 is 0.636 bits per heavy atom. The normalized spacial score (nSPS) is 10.9. The summed E-state index contributed by atoms with van der Waals surface area (Å²) in [6.07, 6.45) is 0. The van der Waals surface area contributed by atoms with E-state index in [0.717, 1.165) is 0 Å². The maximum atomic E-state index is 10.1. The second-order valence-electron chi connectivity index (χ2n) is 4.22. The Bertz CT molecular complexity index is 55.1. The first-order valence-corrected chi connectivity index (χ1v) is 3.41. The van der Waals surface area contributed by atoms with Crippen LogP contribution in [0.25, 0.3) is 0 Å². The van der Waals surface area contributed by atoms with E-state index < -0.39 is 11.2 Å². The Morgan fingerprint density at radius 3 is 0.636 bits per heavy atom. The second-order valence-corrected chi connectivity index (χ2v) is 4.22. The number of hydrogen-bond donors (Lipinski definition) is 0. The standard InChI is InChI=1S/2C4H9O.Ge/c2*1-4(2,3)5;/h2*1-3H3;/q2*-1;. The number of rotatable bonds is 0. The molecule has 0 saturated heterocycles. The molecule has 0 spiro atoms. The maximum Gasteiger partial charge on any atom is 0 e. The summed E-state index contributed by atoms with van der Waals surface area (Å²) in [6, 6.07) is 0. The average molecular weight is 219 g/mol. The van der Waals surface area contributed by atoms with E-state index in [9.17, 15) is 10.2 Å². The summed E-state index contributed by atoms with van der Waals surface area (Å²) in [5.41, 5.74) is -1.50. The first-order chi connectivity index (χ1) is 4.00. The van der Waals surface area contributed by atoms with Crippen molar-refractivity contribution in [3.63, 3.8) is 0 Å². The summed E-state index contributed by atoms with van der Waals surface area (Å²) in [6.45, 7) is 9.79. The van der Waals surface area contributed by atoms with Crippen molar-refractivity contribution in [1.82, 2.24) is 0 Å². The van der Waals surface area contributed by atoms with Crippen molar-refractivity contribution < 1.29 is 10.2 Å². The van der Waals surface area contributed by atoms with Gasteiger partial charge in [0.25, 0.3) is 0 Å². The van der Waals surface area contributed by atoms with Gasteiger partial charge in [-0.1, -0.05) is 41.5 Å². The van der Waals surface area contributed by atoms with Crippen LogP contribution in [-0.2, 0) is 0 Å². The number of hydrogen-bond acceptors (Lipinski definition) is 2. The third-order valence-corrected chi connectivity index (χ3v) is 0. The predicted molar refractivity (Wildman–Crippen MR) is 45.3 cm³/mol. The van der Waals surface area contributed by atoms with Crippen molar-refractivity contribution >= 4 is 17.6 Å². The minimum Gasteiger partial charge on any atom is -0.850 e. The Balaban J connectivity index is -0.000000107. The van der Waals surface area contributed by atoms with Gasteiger partial charge in [-0.2, -0.15) is 0 Å². The van der Waals surface area contributed by atoms with Crippen molar-refractivity contribution in [2.45, 2.75) is 52.7 Å². The minimum atomic E-state index is -0.750. The fourth-order valence-electron chi connectivity index (χ4n) is 0. The fraction of sp³-hybridized carbons (Fsp3) is 1.00. The summed E-state index contributed by atoms with van der Waals surface area (Å²) < 4.78 is 0. The van der Waals surface area contributed by atoms with Crippen LogP contribution in [0.1, 0.15) is 41.5 Å². The van der Waals surface area contributed by atoms with Gasteiger partial charge in [-0.05, 0) is 0 Å². The molecule has 4 radical (unpaired) electrons. The van der Waals surface area contributed by atoms with Gasteiger partial charge in [0.2, 0.25) is 0 Å². The fourth-order valence-corrected chi connectivity index (χ4v) is 0. The molecular weight excluding hydrogens is 201 g/mol. The van der Waals surface area contributed by atoms with E-state index in [4.69, 9.17) is 0 Å². The molecule has 0 aliphatic heterocycles. The van der Waals surface area contributed by atoms with Crippen molar-refractivity contribution in [3.8, 4) is 0 Å². The largest absolute Gasteiger partial charge is 0.850 e. The molecule has 0 fully saturated rings. The maximum absolute atomic E-state index is 10.1. The molecule has 3 heteroatoms. The third kappa shape index (κ3) is 3500. The van der Waals surface area contributed by atoms with Crippen molar-refractivity contribution in [2.75, 3.05) is 0 Å². The van der Waals surface area contributed by atoms with Crippen LogP contribution >= 0.6 is 0 Å². The summed E-state index contributed by atoms with van der Waals surface area (Å²) in [5, 5.41) is 20.2. The van der Waals surface area contributed by atoms with E-state index >= 15 is 0 Å². The van der Waals surface area contributed by atoms with Gasteiger partial charge in [-0.25, -0.2) is 0 Å². The van der Waals surface area contributed by atoms with Crippen LogP contribution in [-0.4, -0.2) is 28.8 Å². The van der Waals surface area contributed by atoms with Crippen molar-refractivity contribution in [2.24, 2.45) is 0 Å². The van der Waals surface area contributed by atoms with Crippen LogP contribution in [0.4, 0.5) is 0 Å². The van der Waals surface area contributed by atoms with E-state index in [1.54, 1.807) is 41.5 Å². The Hall–Kier alpha value is 0.463. The third-order valence-electron chi connectivity index (χ3n) is 0. The van der Waals surface area contributed by atoms with Gasteiger partial charge in [0.15, 0.2) is 0 Å². The molecule has 0 amide bonds. The van der Waals surface area contributed by atoms with Crippen LogP contribution in [0.5, 0.6) is 0 Å². The molecule has 0 N–H and O–H groups in total. The molecule has 0 saturated carbocycles. The van der Waals surface area contributed by atoms with Crippen molar-refractivity contribution in [3.05, 3.63) is 0 Å². The molecular formula is C8H18GeO2-2. The molecule has 0 atom stereocenters. The molecule has 0 rings (SSSR count). The molecule has 0 bridgehead atoms. The first-order valence-electron chi connectivity index (χ1n) is 3.41. The van der Waals surface area contributed by atoms with Gasteiger partial charge in [0.1, 0.15) is 0 Å². The summed E-state index contributed by atoms with van der Waals surface area (Å²) >= 11 is 0. The smallest absolute Gasteiger partial charge is 0 e. The Morgan fingerprint density at radius 2 is 0.636 bits per heavy atom. The Kier molecular flexibility index (Phi) is 9.61.